The minimum absolute atomic E-state index is 0.0708. The number of carbonyl (C=O) groups excluding carboxylic acids is 1. The maximum Gasteiger partial charge on any atom is 0.232 e. The topological polar surface area (TPSA) is 46.3 Å². The minimum atomic E-state index is -0.331. The molecule has 3 atom stereocenters. The third-order valence-corrected chi connectivity index (χ3v) is 4.11. The Morgan fingerprint density at radius 2 is 1.93 bits per heavy atom. The third-order valence-electron chi connectivity index (χ3n) is 2.53. The smallest absolute Gasteiger partial charge is 0.232 e. The molecule has 5 heteroatoms. The lowest BCUT2D eigenvalue weighted by molar-refractivity contribution is -0.133. The summed E-state index contributed by atoms with van der Waals surface area (Å²) in [7, 11) is 0. The number of nitrogens with two attached hydrogens (primary N) is 1. The first-order valence-corrected chi connectivity index (χ1v) is 6.50. The second-order valence-electron chi connectivity index (χ2n) is 4.12. The van der Waals surface area contributed by atoms with Gasteiger partial charge in [0.1, 0.15) is 0 Å². The second-order valence-corrected chi connectivity index (χ2v) is 6.48. The average molecular weight is 246 g/mol. The van der Waals surface area contributed by atoms with Crippen LogP contribution >= 0.6 is 24.0 Å². The van der Waals surface area contributed by atoms with Crippen LogP contribution < -0.4 is 5.73 Å². The maximum atomic E-state index is 12.0. The lowest BCUT2D eigenvalue weighted by Crippen LogP contribution is -2.48. The Morgan fingerprint density at radius 1 is 1.47 bits per heavy atom. The van der Waals surface area contributed by atoms with E-state index in [4.69, 9.17) is 18.0 Å². The average Bonchev–Trinajstić information content (AvgIpc) is 2.13. The van der Waals surface area contributed by atoms with Gasteiger partial charge in [0.05, 0.1) is 10.9 Å². The first-order valence-electron chi connectivity index (χ1n) is 5.15. The van der Waals surface area contributed by atoms with Crippen LogP contribution in [0.4, 0.5) is 0 Å². The molecule has 1 aliphatic heterocycles. The molecule has 3 unspecified atom stereocenters. The Labute approximate surface area is 101 Å². The first kappa shape index (κ1) is 12.8. The van der Waals surface area contributed by atoms with Crippen LogP contribution in [0, 0.1) is 5.92 Å². The van der Waals surface area contributed by atoms with E-state index in [1.165, 1.54) is 0 Å². The summed E-state index contributed by atoms with van der Waals surface area (Å²) >= 11 is 6.77. The molecule has 0 aromatic carbocycles. The van der Waals surface area contributed by atoms with Crippen molar-refractivity contribution in [1.29, 1.82) is 0 Å². The van der Waals surface area contributed by atoms with Gasteiger partial charge in [-0.15, -0.1) is 0 Å². The molecule has 1 fully saturated rings. The van der Waals surface area contributed by atoms with Crippen molar-refractivity contribution in [1.82, 2.24) is 4.90 Å². The zero-order valence-electron chi connectivity index (χ0n) is 9.40. The molecule has 1 saturated heterocycles. The number of thiocarbonyl (C=S) groups is 1. The van der Waals surface area contributed by atoms with E-state index in [9.17, 15) is 4.79 Å². The van der Waals surface area contributed by atoms with E-state index in [1.54, 1.807) is 6.92 Å². The van der Waals surface area contributed by atoms with E-state index in [2.05, 4.69) is 13.8 Å². The first-order chi connectivity index (χ1) is 6.91. The van der Waals surface area contributed by atoms with Crippen LogP contribution in [0.2, 0.25) is 0 Å². The molecule has 1 aliphatic rings. The van der Waals surface area contributed by atoms with Gasteiger partial charge in [-0.1, -0.05) is 26.1 Å². The Kier molecular flexibility index (Phi) is 4.40. The monoisotopic (exact) mass is 246 g/mol. The van der Waals surface area contributed by atoms with Crippen molar-refractivity contribution in [2.75, 3.05) is 13.1 Å². The molecule has 0 spiro atoms. The van der Waals surface area contributed by atoms with E-state index in [-0.39, 0.29) is 11.8 Å². The van der Waals surface area contributed by atoms with Gasteiger partial charge in [-0.2, -0.15) is 11.8 Å². The summed E-state index contributed by atoms with van der Waals surface area (Å²) in [6, 6.07) is 0. The van der Waals surface area contributed by atoms with Crippen molar-refractivity contribution in [3.05, 3.63) is 0 Å². The Hall–Kier alpha value is -0.290. The summed E-state index contributed by atoms with van der Waals surface area (Å²) < 4.78 is 0. The number of thioether (sulfide) groups is 1. The SMILES string of the molecule is CC1CN(C(=O)C(C)C(N)=S)CC(C)S1. The molecule has 0 aromatic rings. The van der Waals surface area contributed by atoms with Gasteiger partial charge in [0.2, 0.25) is 5.91 Å². The van der Waals surface area contributed by atoms with Crippen LogP contribution in [0.3, 0.4) is 0 Å². The summed E-state index contributed by atoms with van der Waals surface area (Å²) in [4.78, 5) is 14.2. The molecule has 0 radical (unpaired) electrons. The molecule has 0 aromatic heterocycles. The number of amides is 1. The van der Waals surface area contributed by atoms with Crippen molar-refractivity contribution in [3.63, 3.8) is 0 Å². The molecular weight excluding hydrogens is 228 g/mol. The van der Waals surface area contributed by atoms with Gasteiger partial charge in [-0.3, -0.25) is 4.79 Å². The highest BCUT2D eigenvalue weighted by molar-refractivity contribution is 8.00. The van der Waals surface area contributed by atoms with Crippen LogP contribution in [-0.4, -0.2) is 39.4 Å². The Bertz CT molecular complexity index is 260. The van der Waals surface area contributed by atoms with Crippen LogP contribution in [0.5, 0.6) is 0 Å². The normalized spacial score (nSPS) is 28.6. The molecule has 2 N–H and O–H groups in total. The lowest BCUT2D eigenvalue weighted by Gasteiger charge is -2.35. The number of nitrogens with zero attached hydrogens (tertiary/aromatic N) is 1. The highest BCUT2D eigenvalue weighted by atomic mass is 32.2. The summed E-state index contributed by atoms with van der Waals surface area (Å²) in [6.07, 6.45) is 0. The van der Waals surface area contributed by atoms with Crippen molar-refractivity contribution < 1.29 is 4.79 Å². The van der Waals surface area contributed by atoms with Gasteiger partial charge in [-0.25, -0.2) is 0 Å². The van der Waals surface area contributed by atoms with Gasteiger partial charge >= 0.3 is 0 Å². The van der Waals surface area contributed by atoms with E-state index < -0.39 is 0 Å². The molecule has 0 bridgehead atoms. The molecule has 1 heterocycles. The standard InChI is InChI=1S/C10H18N2OS2/c1-6-4-12(5-7(2)15-6)10(13)8(3)9(11)14/h6-8H,4-5H2,1-3H3,(H2,11,14). The molecule has 86 valence electrons. The maximum absolute atomic E-state index is 12.0. The van der Waals surface area contributed by atoms with Gasteiger partial charge in [0, 0.05) is 23.6 Å². The number of hydrogen-bond acceptors (Lipinski definition) is 3. The predicted molar refractivity (Wildman–Crippen MR) is 69.0 cm³/mol. The van der Waals surface area contributed by atoms with Gasteiger partial charge < -0.3 is 10.6 Å². The molecule has 0 aliphatic carbocycles. The van der Waals surface area contributed by atoms with Crippen LogP contribution in [0.25, 0.3) is 0 Å². The van der Waals surface area contributed by atoms with Crippen LogP contribution in [0.15, 0.2) is 0 Å². The molecule has 1 rings (SSSR count). The lowest BCUT2D eigenvalue weighted by atomic mass is 10.1. The fourth-order valence-corrected chi connectivity index (χ4v) is 3.18. The van der Waals surface area contributed by atoms with Gasteiger partial charge in [0.25, 0.3) is 0 Å². The quantitative estimate of drug-likeness (QED) is 0.745. The van der Waals surface area contributed by atoms with E-state index in [1.807, 2.05) is 16.7 Å². The minimum Gasteiger partial charge on any atom is -0.393 e. The van der Waals surface area contributed by atoms with Gasteiger partial charge in [0.15, 0.2) is 0 Å². The van der Waals surface area contributed by atoms with E-state index in [0.29, 0.717) is 15.5 Å². The Morgan fingerprint density at radius 3 is 2.33 bits per heavy atom. The van der Waals surface area contributed by atoms with Crippen LogP contribution in [0.1, 0.15) is 20.8 Å². The summed E-state index contributed by atoms with van der Waals surface area (Å²) in [6.45, 7) is 7.68. The predicted octanol–water partition coefficient (Wildman–Crippen LogP) is 1.26. The van der Waals surface area contributed by atoms with Crippen LogP contribution in [-0.2, 0) is 4.79 Å². The second kappa shape index (κ2) is 5.16. The zero-order chi connectivity index (χ0) is 11.6. The number of hydrogen-bond donors (Lipinski definition) is 1. The molecule has 1 amide bonds. The zero-order valence-corrected chi connectivity index (χ0v) is 11.0. The van der Waals surface area contributed by atoms with E-state index in [0.717, 1.165) is 13.1 Å². The number of rotatable bonds is 2. The van der Waals surface area contributed by atoms with Crippen molar-refractivity contribution >= 4 is 34.9 Å². The third kappa shape index (κ3) is 3.34. The highest BCUT2D eigenvalue weighted by Crippen LogP contribution is 2.25. The molecular formula is C10H18N2OS2. The summed E-state index contributed by atoms with van der Waals surface area (Å²) in [5.41, 5.74) is 5.49. The summed E-state index contributed by atoms with van der Waals surface area (Å²) in [5, 5.41) is 0.993. The van der Waals surface area contributed by atoms with E-state index >= 15 is 0 Å². The van der Waals surface area contributed by atoms with Gasteiger partial charge in [-0.05, 0) is 6.92 Å². The fraction of sp³-hybridized carbons (Fsp3) is 0.800. The largest absolute Gasteiger partial charge is 0.393 e. The molecule has 15 heavy (non-hydrogen) atoms. The van der Waals surface area contributed by atoms with Crippen molar-refractivity contribution in [2.24, 2.45) is 11.7 Å². The van der Waals surface area contributed by atoms with Crippen molar-refractivity contribution in [2.45, 2.75) is 31.3 Å². The fourth-order valence-electron chi connectivity index (χ4n) is 1.75. The number of carbonyl (C=O) groups is 1. The summed E-state index contributed by atoms with van der Waals surface area (Å²) in [5.74, 6) is -0.260. The van der Waals surface area contributed by atoms with Crippen molar-refractivity contribution in [3.8, 4) is 0 Å². The Balaban J connectivity index is 2.63. The highest BCUT2D eigenvalue weighted by Gasteiger charge is 2.29. The molecule has 0 saturated carbocycles. The molecule has 3 nitrogen and oxygen atoms in total.